The number of anilines is 1. The molecule has 0 radical (unpaired) electrons. The van der Waals surface area contributed by atoms with E-state index in [1.54, 1.807) is 12.3 Å². The van der Waals surface area contributed by atoms with E-state index in [1.807, 2.05) is 13.8 Å². The molecule has 9 heteroatoms. The van der Waals surface area contributed by atoms with Crippen LogP contribution in [-0.4, -0.2) is 31.6 Å². The summed E-state index contributed by atoms with van der Waals surface area (Å²) in [6.45, 7) is 4.00. The van der Waals surface area contributed by atoms with Crippen LogP contribution in [-0.2, 0) is 10.2 Å². The van der Waals surface area contributed by atoms with Crippen LogP contribution in [0.4, 0.5) is 10.1 Å². The number of nitrogens with one attached hydrogen (secondary N) is 1. The summed E-state index contributed by atoms with van der Waals surface area (Å²) in [5.74, 6) is -1.04. The van der Waals surface area contributed by atoms with E-state index in [1.165, 1.54) is 16.8 Å². The summed E-state index contributed by atoms with van der Waals surface area (Å²) in [6, 6.07) is 4.90. The first-order valence-electron chi connectivity index (χ1n) is 9.78. The molecule has 3 aromatic rings. The van der Waals surface area contributed by atoms with Crippen molar-refractivity contribution in [2.75, 3.05) is 5.32 Å². The molecule has 30 heavy (non-hydrogen) atoms. The van der Waals surface area contributed by atoms with Crippen molar-refractivity contribution < 1.29 is 13.9 Å². The molecule has 5 rings (SSSR count). The molecule has 8 nitrogen and oxygen atoms in total. The maximum absolute atomic E-state index is 13.7. The molecule has 0 saturated heterocycles. The molecule has 152 valence electrons. The van der Waals surface area contributed by atoms with Crippen LogP contribution in [0, 0.1) is 17.3 Å². The molecule has 1 fully saturated rings. The number of hydrogen-bond acceptors (Lipinski definition) is 6. The van der Waals surface area contributed by atoms with Crippen LogP contribution in [0.15, 0.2) is 24.5 Å². The molecule has 3 aromatic heterocycles. The van der Waals surface area contributed by atoms with Gasteiger partial charge in [0.1, 0.15) is 17.7 Å². The Labute approximate surface area is 171 Å². The Morgan fingerprint density at radius 2 is 2.13 bits per heavy atom. The standard InChI is InChI=1S/C21H19FN6O2/c1-21(2)7-14(15-10-24-17-6-16(22)27-28(17)18(15)21)19(29)26-12-5-11(8-23)20(25-9-12)30-13-3-4-13/h5-6,9-10,13-14H,3-4,7H2,1-2H3,(H,26,29). The average Bonchev–Trinajstić information content (AvgIpc) is 3.36. The summed E-state index contributed by atoms with van der Waals surface area (Å²) in [5, 5.41) is 16.2. The maximum Gasteiger partial charge on any atom is 0.235 e. The van der Waals surface area contributed by atoms with Gasteiger partial charge in [0.05, 0.1) is 23.5 Å². The van der Waals surface area contributed by atoms with Crippen LogP contribution in [0.25, 0.3) is 5.65 Å². The quantitative estimate of drug-likeness (QED) is 0.714. The summed E-state index contributed by atoms with van der Waals surface area (Å²) in [4.78, 5) is 21.6. The minimum Gasteiger partial charge on any atom is -0.473 e. The fraction of sp³-hybridized carbons (Fsp3) is 0.381. The number of halogens is 1. The van der Waals surface area contributed by atoms with Gasteiger partial charge in [-0.2, -0.15) is 9.65 Å². The molecule has 0 aliphatic heterocycles. The molecular formula is C21H19FN6O2. The Balaban J connectivity index is 1.44. The van der Waals surface area contributed by atoms with Crippen LogP contribution in [0.5, 0.6) is 5.88 Å². The highest BCUT2D eigenvalue weighted by molar-refractivity contribution is 5.96. The molecule has 0 aromatic carbocycles. The number of amides is 1. The summed E-state index contributed by atoms with van der Waals surface area (Å²) >= 11 is 0. The van der Waals surface area contributed by atoms with Gasteiger partial charge in [0.15, 0.2) is 5.65 Å². The van der Waals surface area contributed by atoms with Crippen molar-refractivity contribution in [3.05, 3.63) is 47.3 Å². The molecule has 1 unspecified atom stereocenters. The summed E-state index contributed by atoms with van der Waals surface area (Å²) in [7, 11) is 0. The lowest BCUT2D eigenvalue weighted by Gasteiger charge is -2.19. The van der Waals surface area contributed by atoms with E-state index in [4.69, 9.17) is 4.74 Å². The number of fused-ring (bicyclic) bond motifs is 3. The summed E-state index contributed by atoms with van der Waals surface area (Å²) < 4.78 is 20.8. The molecule has 1 saturated carbocycles. The smallest absolute Gasteiger partial charge is 0.235 e. The number of hydrogen-bond donors (Lipinski definition) is 1. The first kappa shape index (κ1) is 18.5. The van der Waals surface area contributed by atoms with Gasteiger partial charge in [0, 0.05) is 23.2 Å². The van der Waals surface area contributed by atoms with Crippen LogP contribution >= 0.6 is 0 Å². The zero-order chi connectivity index (χ0) is 21.0. The molecule has 2 aliphatic carbocycles. The zero-order valence-corrected chi connectivity index (χ0v) is 16.5. The van der Waals surface area contributed by atoms with Crippen molar-refractivity contribution in [2.24, 2.45) is 0 Å². The van der Waals surface area contributed by atoms with E-state index in [0.29, 0.717) is 17.8 Å². The van der Waals surface area contributed by atoms with E-state index in [9.17, 15) is 14.4 Å². The number of carbonyl (C=O) groups excluding carboxylic acids is 1. The van der Waals surface area contributed by atoms with Gasteiger partial charge in [-0.05, 0) is 25.3 Å². The van der Waals surface area contributed by atoms with Gasteiger partial charge in [-0.15, -0.1) is 5.10 Å². The van der Waals surface area contributed by atoms with Crippen LogP contribution in [0.1, 0.15) is 55.8 Å². The number of nitriles is 1. The van der Waals surface area contributed by atoms with Gasteiger partial charge in [0.2, 0.25) is 17.7 Å². The topological polar surface area (TPSA) is 105 Å². The van der Waals surface area contributed by atoms with Gasteiger partial charge >= 0.3 is 0 Å². The third-order valence-electron chi connectivity index (χ3n) is 5.57. The Morgan fingerprint density at radius 3 is 2.87 bits per heavy atom. The Bertz CT molecular complexity index is 1220. The highest BCUT2D eigenvalue weighted by Gasteiger charge is 2.43. The molecule has 0 spiro atoms. The van der Waals surface area contributed by atoms with E-state index < -0.39 is 17.3 Å². The third kappa shape index (κ3) is 3.05. The SMILES string of the molecule is CC1(C)CC(C(=O)Nc2cnc(OC3CC3)c(C#N)c2)c2cnc3cc(F)nn3c21. The second kappa shape index (κ2) is 6.49. The number of aromatic nitrogens is 4. The number of ether oxygens (including phenoxy) is 1. The number of nitrogens with zero attached hydrogens (tertiary/aromatic N) is 5. The first-order chi connectivity index (χ1) is 14.4. The van der Waals surface area contributed by atoms with Crippen molar-refractivity contribution in [3.8, 4) is 11.9 Å². The second-order valence-corrected chi connectivity index (χ2v) is 8.43. The summed E-state index contributed by atoms with van der Waals surface area (Å²) in [5.41, 5.74) is 2.22. The fourth-order valence-corrected chi connectivity index (χ4v) is 4.07. The Hall–Kier alpha value is -3.54. The van der Waals surface area contributed by atoms with Crippen molar-refractivity contribution >= 4 is 17.2 Å². The minimum atomic E-state index is -0.608. The van der Waals surface area contributed by atoms with E-state index in [2.05, 4.69) is 26.5 Å². The van der Waals surface area contributed by atoms with Crippen molar-refractivity contribution in [1.82, 2.24) is 19.6 Å². The van der Waals surface area contributed by atoms with Gasteiger partial charge in [0.25, 0.3) is 0 Å². The van der Waals surface area contributed by atoms with E-state index >= 15 is 0 Å². The number of rotatable bonds is 4. The Kier molecular flexibility index (Phi) is 4.00. The van der Waals surface area contributed by atoms with E-state index in [0.717, 1.165) is 24.1 Å². The minimum absolute atomic E-state index is 0.124. The molecule has 3 heterocycles. The second-order valence-electron chi connectivity index (χ2n) is 8.43. The average molecular weight is 406 g/mol. The highest BCUT2D eigenvalue weighted by Crippen LogP contribution is 2.45. The maximum atomic E-state index is 13.7. The molecule has 1 atom stereocenters. The lowest BCUT2D eigenvalue weighted by atomic mass is 9.88. The zero-order valence-electron chi connectivity index (χ0n) is 16.5. The van der Waals surface area contributed by atoms with Gasteiger partial charge in [-0.1, -0.05) is 13.8 Å². The number of pyridine rings is 1. The molecule has 1 amide bonds. The van der Waals surface area contributed by atoms with Crippen LogP contribution < -0.4 is 10.1 Å². The first-order valence-corrected chi connectivity index (χ1v) is 9.78. The molecular weight excluding hydrogens is 387 g/mol. The summed E-state index contributed by atoms with van der Waals surface area (Å²) in [6.07, 6.45) is 5.68. The number of carbonyl (C=O) groups is 1. The normalized spacial score (nSPS) is 19.3. The van der Waals surface area contributed by atoms with Crippen LogP contribution in [0.3, 0.4) is 0 Å². The predicted molar refractivity (Wildman–Crippen MR) is 105 cm³/mol. The fourth-order valence-electron chi connectivity index (χ4n) is 4.07. The lowest BCUT2D eigenvalue weighted by Crippen LogP contribution is -2.21. The molecule has 2 aliphatic rings. The highest BCUT2D eigenvalue weighted by atomic mass is 19.1. The van der Waals surface area contributed by atoms with Gasteiger partial charge in [-0.25, -0.2) is 14.5 Å². The van der Waals surface area contributed by atoms with Crippen molar-refractivity contribution in [3.63, 3.8) is 0 Å². The molecule has 0 bridgehead atoms. The monoisotopic (exact) mass is 406 g/mol. The largest absolute Gasteiger partial charge is 0.473 e. The predicted octanol–water partition coefficient (Wildman–Crippen LogP) is 3.08. The van der Waals surface area contributed by atoms with Gasteiger partial charge < -0.3 is 10.1 Å². The van der Waals surface area contributed by atoms with Crippen molar-refractivity contribution in [1.29, 1.82) is 5.26 Å². The van der Waals surface area contributed by atoms with Crippen LogP contribution in [0.2, 0.25) is 0 Å². The Morgan fingerprint density at radius 1 is 1.33 bits per heavy atom. The van der Waals surface area contributed by atoms with Gasteiger partial charge in [-0.3, -0.25) is 4.79 Å². The molecule has 1 N–H and O–H groups in total. The van der Waals surface area contributed by atoms with E-state index in [-0.39, 0.29) is 23.5 Å². The third-order valence-corrected chi connectivity index (χ3v) is 5.57. The lowest BCUT2D eigenvalue weighted by molar-refractivity contribution is -0.117. The van der Waals surface area contributed by atoms with Crippen molar-refractivity contribution in [2.45, 2.75) is 50.5 Å².